The summed E-state index contributed by atoms with van der Waals surface area (Å²) in [6.07, 6.45) is 3.38. The van der Waals surface area contributed by atoms with E-state index in [1.165, 1.54) is 29.7 Å². The Bertz CT molecular complexity index is 745. The van der Waals surface area contributed by atoms with Crippen LogP contribution in [0.5, 0.6) is 0 Å². The fourth-order valence-corrected chi connectivity index (χ4v) is 3.71. The van der Waals surface area contributed by atoms with Crippen molar-refractivity contribution >= 4 is 23.2 Å². The monoisotopic (exact) mass is 348 g/mol. The van der Waals surface area contributed by atoms with E-state index in [0.717, 1.165) is 10.6 Å². The number of likely N-dealkylation sites (tertiary alicyclic amines) is 1. The highest BCUT2D eigenvalue weighted by Gasteiger charge is 2.29. The second-order valence-electron chi connectivity index (χ2n) is 5.85. The standard InChI is InChI=1S/C17H17FN2O3S/c18-13-5-3-11(4-6-13)8-15-19-9-14(24-15)16(21)20-7-1-2-12(10-20)17(22)23/h3-6,9,12H,1-2,7-8,10H2,(H,22,23)/t12-/m1/s1. The highest BCUT2D eigenvalue weighted by atomic mass is 32.1. The maximum absolute atomic E-state index is 12.9. The summed E-state index contributed by atoms with van der Waals surface area (Å²) < 4.78 is 12.9. The number of rotatable bonds is 4. The summed E-state index contributed by atoms with van der Waals surface area (Å²) in [5, 5.41) is 9.90. The van der Waals surface area contributed by atoms with E-state index in [1.807, 2.05) is 0 Å². The molecule has 1 atom stereocenters. The number of carboxylic acids is 1. The minimum absolute atomic E-state index is 0.163. The molecule has 0 aliphatic carbocycles. The molecule has 5 nitrogen and oxygen atoms in total. The van der Waals surface area contributed by atoms with Gasteiger partial charge in [0.2, 0.25) is 0 Å². The van der Waals surface area contributed by atoms with Gasteiger partial charge in [0.25, 0.3) is 5.91 Å². The molecule has 0 radical (unpaired) electrons. The Morgan fingerprint density at radius 3 is 2.79 bits per heavy atom. The van der Waals surface area contributed by atoms with Crippen LogP contribution in [0.25, 0.3) is 0 Å². The molecule has 0 bridgehead atoms. The Balaban J connectivity index is 1.67. The first-order valence-corrected chi connectivity index (χ1v) is 8.56. The first-order chi connectivity index (χ1) is 11.5. The molecule has 1 aliphatic heterocycles. The fourth-order valence-electron chi connectivity index (χ4n) is 2.79. The number of amides is 1. The molecule has 1 aromatic carbocycles. The van der Waals surface area contributed by atoms with E-state index >= 15 is 0 Å². The minimum Gasteiger partial charge on any atom is -0.481 e. The van der Waals surface area contributed by atoms with E-state index in [-0.39, 0.29) is 18.3 Å². The number of nitrogens with zero attached hydrogens (tertiary/aromatic N) is 2. The minimum atomic E-state index is -0.853. The Kier molecular flexibility index (Phi) is 4.89. The maximum Gasteiger partial charge on any atom is 0.308 e. The van der Waals surface area contributed by atoms with Crippen molar-refractivity contribution in [3.63, 3.8) is 0 Å². The fraction of sp³-hybridized carbons (Fsp3) is 0.353. The van der Waals surface area contributed by atoms with Crippen LogP contribution in [0, 0.1) is 11.7 Å². The summed E-state index contributed by atoms with van der Waals surface area (Å²) in [6.45, 7) is 0.827. The van der Waals surface area contributed by atoms with Gasteiger partial charge < -0.3 is 10.0 Å². The van der Waals surface area contributed by atoms with E-state index < -0.39 is 11.9 Å². The SMILES string of the molecule is O=C(O)[C@@H]1CCCN(C(=O)c2cnc(Cc3ccc(F)cc3)s2)C1. The van der Waals surface area contributed by atoms with Crippen molar-refractivity contribution in [2.24, 2.45) is 5.92 Å². The number of aromatic nitrogens is 1. The van der Waals surface area contributed by atoms with Crippen LogP contribution in [0.15, 0.2) is 30.5 Å². The highest BCUT2D eigenvalue weighted by Crippen LogP contribution is 2.22. The number of carboxylic acid groups (broad SMARTS) is 1. The molecule has 0 unspecified atom stereocenters. The Hall–Kier alpha value is -2.28. The average molecular weight is 348 g/mol. The smallest absolute Gasteiger partial charge is 0.308 e. The van der Waals surface area contributed by atoms with Gasteiger partial charge in [-0.15, -0.1) is 11.3 Å². The van der Waals surface area contributed by atoms with Crippen LogP contribution in [0.3, 0.4) is 0 Å². The van der Waals surface area contributed by atoms with Gasteiger partial charge in [0, 0.05) is 19.5 Å². The van der Waals surface area contributed by atoms with E-state index in [9.17, 15) is 14.0 Å². The lowest BCUT2D eigenvalue weighted by Crippen LogP contribution is -2.42. The molecule has 3 rings (SSSR count). The second-order valence-corrected chi connectivity index (χ2v) is 6.97. The lowest BCUT2D eigenvalue weighted by molar-refractivity contribution is -0.143. The number of thiazole rings is 1. The normalized spacial score (nSPS) is 17.7. The number of hydrogen-bond acceptors (Lipinski definition) is 4. The summed E-state index contributed by atoms with van der Waals surface area (Å²) in [7, 11) is 0. The largest absolute Gasteiger partial charge is 0.481 e. The van der Waals surface area contributed by atoms with Gasteiger partial charge in [-0.25, -0.2) is 9.37 Å². The molecule has 0 spiro atoms. The number of benzene rings is 1. The number of carbonyl (C=O) groups is 2. The lowest BCUT2D eigenvalue weighted by Gasteiger charge is -2.30. The molecule has 1 amide bonds. The Morgan fingerprint density at radius 1 is 1.33 bits per heavy atom. The van der Waals surface area contributed by atoms with Crippen LogP contribution in [-0.4, -0.2) is 40.0 Å². The third-order valence-electron chi connectivity index (χ3n) is 4.09. The van der Waals surface area contributed by atoms with Crippen molar-refractivity contribution in [3.8, 4) is 0 Å². The van der Waals surface area contributed by atoms with Gasteiger partial charge >= 0.3 is 5.97 Å². The number of halogens is 1. The molecule has 2 heterocycles. The van der Waals surface area contributed by atoms with E-state index in [1.54, 1.807) is 17.0 Å². The third kappa shape index (κ3) is 3.79. The van der Waals surface area contributed by atoms with Gasteiger partial charge in [0.1, 0.15) is 10.7 Å². The summed E-state index contributed by atoms with van der Waals surface area (Å²) in [6, 6.07) is 6.18. The molecule has 1 fully saturated rings. The molecule has 0 saturated carbocycles. The predicted octanol–water partition coefficient (Wildman–Crippen LogP) is 2.81. The van der Waals surface area contributed by atoms with Crippen molar-refractivity contribution in [3.05, 3.63) is 51.7 Å². The maximum atomic E-state index is 12.9. The number of aliphatic carboxylic acids is 1. The van der Waals surface area contributed by atoms with Gasteiger partial charge in [0.05, 0.1) is 17.1 Å². The van der Waals surface area contributed by atoms with E-state index in [2.05, 4.69) is 4.98 Å². The van der Waals surface area contributed by atoms with Crippen molar-refractivity contribution < 1.29 is 19.1 Å². The van der Waals surface area contributed by atoms with E-state index in [4.69, 9.17) is 5.11 Å². The first-order valence-electron chi connectivity index (χ1n) is 7.74. The van der Waals surface area contributed by atoms with Crippen molar-refractivity contribution in [1.82, 2.24) is 9.88 Å². The predicted molar refractivity (Wildman–Crippen MR) is 87.6 cm³/mol. The Labute approximate surface area is 142 Å². The van der Waals surface area contributed by atoms with Crippen LogP contribution in [0.1, 0.15) is 33.1 Å². The summed E-state index contributed by atoms with van der Waals surface area (Å²) >= 11 is 1.30. The number of hydrogen-bond donors (Lipinski definition) is 1. The third-order valence-corrected chi connectivity index (χ3v) is 5.08. The van der Waals surface area contributed by atoms with Crippen LogP contribution >= 0.6 is 11.3 Å². The Morgan fingerprint density at radius 2 is 2.08 bits per heavy atom. The summed E-state index contributed by atoms with van der Waals surface area (Å²) in [5.74, 6) is -1.79. The summed E-state index contributed by atoms with van der Waals surface area (Å²) in [4.78, 5) is 30.0. The number of carbonyl (C=O) groups excluding carboxylic acids is 1. The quantitative estimate of drug-likeness (QED) is 0.922. The molecule has 2 aromatic rings. The van der Waals surface area contributed by atoms with Crippen molar-refractivity contribution in [2.75, 3.05) is 13.1 Å². The zero-order chi connectivity index (χ0) is 17.1. The van der Waals surface area contributed by atoms with Crippen LogP contribution in [0.4, 0.5) is 4.39 Å². The molecule has 24 heavy (non-hydrogen) atoms. The highest BCUT2D eigenvalue weighted by molar-refractivity contribution is 7.13. The van der Waals surface area contributed by atoms with Crippen LogP contribution in [0.2, 0.25) is 0 Å². The van der Waals surface area contributed by atoms with Gasteiger partial charge in [0.15, 0.2) is 0 Å². The average Bonchev–Trinajstić information content (AvgIpc) is 3.05. The van der Waals surface area contributed by atoms with Crippen LogP contribution < -0.4 is 0 Å². The summed E-state index contributed by atoms with van der Waals surface area (Å²) in [5.41, 5.74) is 0.925. The van der Waals surface area contributed by atoms with Crippen molar-refractivity contribution in [2.45, 2.75) is 19.3 Å². The molecule has 7 heteroatoms. The van der Waals surface area contributed by atoms with Gasteiger partial charge in [-0.05, 0) is 30.5 Å². The topological polar surface area (TPSA) is 70.5 Å². The first kappa shape index (κ1) is 16.6. The van der Waals surface area contributed by atoms with Gasteiger partial charge in [-0.1, -0.05) is 12.1 Å². The zero-order valence-electron chi connectivity index (χ0n) is 12.9. The molecule has 126 valence electrons. The molecule has 1 aliphatic rings. The second kappa shape index (κ2) is 7.09. The molecule has 1 saturated heterocycles. The van der Waals surface area contributed by atoms with Gasteiger partial charge in [-0.3, -0.25) is 9.59 Å². The zero-order valence-corrected chi connectivity index (χ0v) is 13.8. The van der Waals surface area contributed by atoms with Crippen molar-refractivity contribution in [1.29, 1.82) is 0 Å². The molecular formula is C17H17FN2O3S. The molecule has 1 aromatic heterocycles. The molecular weight excluding hydrogens is 331 g/mol. The van der Waals surface area contributed by atoms with Gasteiger partial charge in [-0.2, -0.15) is 0 Å². The van der Waals surface area contributed by atoms with Crippen LogP contribution in [-0.2, 0) is 11.2 Å². The molecule has 1 N–H and O–H groups in total. The number of piperidine rings is 1. The van der Waals surface area contributed by atoms with E-state index in [0.29, 0.717) is 30.7 Å². The lowest BCUT2D eigenvalue weighted by atomic mass is 9.98.